The van der Waals surface area contributed by atoms with E-state index < -0.39 is 11.7 Å². The van der Waals surface area contributed by atoms with E-state index in [1.807, 2.05) is 18.2 Å². The Balaban J connectivity index is 1.63. The van der Waals surface area contributed by atoms with Gasteiger partial charge in [-0.15, -0.1) is 0 Å². The van der Waals surface area contributed by atoms with Gasteiger partial charge in [0.15, 0.2) is 0 Å². The van der Waals surface area contributed by atoms with Crippen molar-refractivity contribution in [2.24, 2.45) is 0 Å². The van der Waals surface area contributed by atoms with Crippen LogP contribution in [0.2, 0.25) is 0 Å². The van der Waals surface area contributed by atoms with E-state index in [2.05, 4.69) is 22.4 Å². The lowest BCUT2D eigenvalue weighted by molar-refractivity contribution is -0.138. The van der Waals surface area contributed by atoms with E-state index in [0.29, 0.717) is 5.92 Å². The summed E-state index contributed by atoms with van der Waals surface area (Å²) in [4.78, 5) is 3.79. The van der Waals surface area contributed by atoms with Crippen LogP contribution in [-0.4, -0.2) is 11.0 Å². The van der Waals surface area contributed by atoms with Gasteiger partial charge in [0.2, 0.25) is 0 Å². The Morgan fingerprint density at radius 1 is 1.14 bits per heavy atom. The first-order valence-corrected chi connectivity index (χ1v) is 6.84. The minimum absolute atomic E-state index is 0.191. The molecule has 2 atom stereocenters. The Kier molecular flexibility index (Phi) is 3.68. The first-order valence-electron chi connectivity index (χ1n) is 6.84. The molecule has 1 aromatic carbocycles. The summed E-state index contributed by atoms with van der Waals surface area (Å²) < 4.78 is 38.6. The summed E-state index contributed by atoms with van der Waals surface area (Å²) in [5.41, 5.74) is 0.822. The van der Waals surface area contributed by atoms with Crippen LogP contribution in [0.5, 0.6) is 0 Å². The van der Waals surface area contributed by atoms with Gasteiger partial charge in [-0.2, -0.15) is 13.2 Å². The molecule has 0 radical (unpaired) electrons. The molecule has 1 aliphatic rings. The highest BCUT2D eigenvalue weighted by molar-refractivity contribution is 5.29. The fourth-order valence-corrected chi connectivity index (χ4v) is 2.57. The molecule has 0 aliphatic heterocycles. The lowest BCUT2D eigenvalue weighted by Gasteiger charge is -2.12. The Bertz CT molecular complexity index is 610. The van der Waals surface area contributed by atoms with Crippen molar-refractivity contribution in [3.63, 3.8) is 0 Å². The Morgan fingerprint density at radius 2 is 1.90 bits per heavy atom. The summed E-state index contributed by atoms with van der Waals surface area (Å²) in [7, 11) is 0. The number of pyridine rings is 1. The number of hydrogen-bond acceptors (Lipinski definition) is 2. The van der Waals surface area contributed by atoms with Crippen molar-refractivity contribution >= 4 is 0 Å². The molecule has 110 valence electrons. The molecular weight excluding hydrogens is 277 g/mol. The minimum Gasteiger partial charge on any atom is -0.309 e. The minimum atomic E-state index is -4.33. The lowest BCUT2D eigenvalue weighted by atomic mass is 10.1. The average molecular weight is 292 g/mol. The van der Waals surface area contributed by atoms with Crippen LogP contribution in [0.15, 0.2) is 48.8 Å². The highest BCUT2D eigenvalue weighted by Gasteiger charge is 2.38. The van der Waals surface area contributed by atoms with E-state index in [1.165, 1.54) is 18.0 Å². The smallest absolute Gasteiger partial charge is 0.309 e. The monoisotopic (exact) mass is 292 g/mol. The zero-order valence-corrected chi connectivity index (χ0v) is 11.3. The largest absolute Gasteiger partial charge is 0.416 e. The molecule has 1 N–H and O–H groups in total. The van der Waals surface area contributed by atoms with Gasteiger partial charge in [-0.3, -0.25) is 4.98 Å². The summed E-state index contributed by atoms with van der Waals surface area (Å²) >= 11 is 0. The first kappa shape index (κ1) is 14.1. The number of nitrogens with one attached hydrogen (secondary N) is 1. The van der Waals surface area contributed by atoms with Crippen LogP contribution in [0, 0.1) is 0 Å². The Morgan fingerprint density at radius 3 is 2.62 bits per heavy atom. The number of nitrogens with zero attached hydrogens (tertiary/aromatic N) is 1. The fraction of sp³-hybridized carbons (Fsp3) is 0.312. The standard InChI is InChI=1S/C16H15F3N2/c17-16(18,19)14-6-7-20-9-12(14)10-21-15-8-13(15)11-4-2-1-3-5-11/h1-7,9,13,15,21H,8,10H2. The number of rotatable bonds is 4. The molecule has 1 heterocycles. The second-order valence-corrected chi connectivity index (χ2v) is 5.27. The molecule has 21 heavy (non-hydrogen) atoms. The van der Waals surface area contributed by atoms with E-state index in [1.54, 1.807) is 0 Å². The molecular formula is C16H15F3N2. The van der Waals surface area contributed by atoms with E-state index in [4.69, 9.17) is 0 Å². The third kappa shape index (κ3) is 3.24. The number of aromatic nitrogens is 1. The van der Waals surface area contributed by atoms with Gasteiger partial charge in [0.05, 0.1) is 5.56 Å². The van der Waals surface area contributed by atoms with Crippen LogP contribution in [0.1, 0.15) is 29.0 Å². The molecule has 0 spiro atoms. The third-order valence-corrected chi connectivity index (χ3v) is 3.78. The Labute approximate surface area is 121 Å². The van der Waals surface area contributed by atoms with E-state index in [9.17, 15) is 13.2 Å². The number of benzene rings is 1. The van der Waals surface area contributed by atoms with Crippen molar-refractivity contribution in [2.75, 3.05) is 0 Å². The molecule has 1 aromatic heterocycles. The quantitative estimate of drug-likeness (QED) is 0.928. The van der Waals surface area contributed by atoms with Gasteiger partial charge in [0.25, 0.3) is 0 Å². The van der Waals surface area contributed by atoms with Crippen molar-refractivity contribution < 1.29 is 13.2 Å². The van der Waals surface area contributed by atoms with Crippen molar-refractivity contribution in [3.05, 3.63) is 65.5 Å². The van der Waals surface area contributed by atoms with Gasteiger partial charge in [-0.05, 0) is 23.6 Å². The van der Waals surface area contributed by atoms with Crippen LogP contribution >= 0.6 is 0 Å². The number of hydrogen-bond donors (Lipinski definition) is 1. The van der Waals surface area contributed by atoms with E-state index >= 15 is 0 Å². The SMILES string of the molecule is FC(F)(F)c1ccncc1CNC1CC1c1ccccc1. The molecule has 0 bridgehead atoms. The average Bonchev–Trinajstić information content (AvgIpc) is 3.25. The molecule has 3 rings (SSSR count). The summed E-state index contributed by atoms with van der Waals surface area (Å²) in [6, 6.07) is 11.3. The van der Waals surface area contributed by atoms with Gasteiger partial charge >= 0.3 is 6.18 Å². The van der Waals surface area contributed by atoms with Crippen LogP contribution in [0.25, 0.3) is 0 Å². The molecule has 2 unspecified atom stereocenters. The van der Waals surface area contributed by atoms with Gasteiger partial charge in [0, 0.05) is 30.9 Å². The molecule has 5 heteroatoms. The summed E-state index contributed by atoms with van der Waals surface area (Å²) in [5, 5.41) is 3.19. The van der Waals surface area contributed by atoms with Gasteiger partial charge in [0.1, 0.15) is 0 Å². The number of halogens is 3. The molecule has 1 saturated carbocycles. The van der Waals surface area contributed by atoms with Gasteiger partial charge < -0.3 is 5.32 Å². The second-order valence-electron chi connectivity index (χ2n) is 5.27. The molecule has 0 saturated heterocycles. The predicted molar refractivity (Wildman–Crippen MR) is 73.7 cm³/mol. The van der Waals surface area contributed by atoms with Crippen molar-refractivity contribution in [1.82, 2.24) is 10.3 Å². The maximum atomic E-state index is 12.9. The summed E-state index contributed by atoms with van der Waals surface area (Å²) in [5.74, 6) is 0.400. The highest BCUT2D eigenvalue weighted by Crippen LogP contribution is 2.41. The van der Waals surface area contributed by atoms with Gasteiger partial charge in [-0.25, -0.2) is 0 Å². The van der Waals surface area contributed by atoms with E-state index in [0.717, 1.165) is 12.5 Å². The lowest BCUT2D eigenvalue weighted by Crippen LogP contribution is -2.20. The van der Waals surface area contributed by atoms with Crippen LogP contribution in [0.3, 0.4) is 0 Å². The summed E-state index contributed by atoms with van der Waals surface area (Å²) in [6.07, 6.45) is -0.903. The number of alkyl halides is 3. The molecule has 1 fully saturated rings. The van der Waals surface area contributed by atoms with Crippen LogP contribution in [-0.2, 0) is 12.7 Å². The zero-order valence-electron chi connectivity index (χ0n) is 11.3. The first-order chi connectivity index (χ1) is 10.1. The summed E-state index contributed by atoms with van der Waals surface area (Å²) in [6.45, 7) is 0.191. The highest BCUT2D eigenvalue weighted by atomic mass is 19.4. The van der Waals surface area contributed by atoms with Crippen molar-refractivity contribution in [2.45, 2.75) is 31.1 Å². The second kappa shape index (κ2) is 5.48. The van der Waals surface area contributed by atoms with Crippen molar-refractivity contribution in [1.29, 1.82) is 0 Å². The molecule has 2 nitrogen and oxygen atoms in total. The zero-order chi connectivity index (χ0) is 14.9. The Hall–Kier alpha value is -1.88. The predicted octanol–water partition coefficient (Wildman–Crippen LogP) is 3.75. The maximum Gasteiger partial charge on any atom is 0.416 e. The van der Waals surface area contributed by atoms with Crippen LogP contribution in [0.4, 0.5) is 13.2 Å². The molecule has 0 amide bonds. The van der Waals surface area contributed by atoms with Crippen LogP contribution < -0.4 is 5.32 Å². The normalized spacial score (nSPS) is 21.3. The fourth-order valence-electron chi connectivity index (χ4n) is 2.57. The topological polar surface area (TPSA) is 24.9 Å². The van der Waals surface area contributed by atoms with Gasteiger partial charge in [-0.1, -0.05) is 30.3 Å². The van der Waals surface area contributed by atoms with Crippen molar-refractivity contribution in [3.8, 4) is 0 Å². The van der Waals surface area contributed by atoms with E-state index in [-0.39, 0.29) is 18.2 Å². The molecule has 2 aromatic rings. The molecule has 1 aliphatic carbocycles. The maximum absolute atomic E-state index is 12.9. The third-order valence-electron chi connectivity index (χ3n) is 3.78.